The van der Waals surface area contributed by atoms with Crippen molar-refractivity contribution >= 4 is 11.6 Å². The van der Waals surface area contributed by atoms with Crippen LogP contribution in [-0.2, 0) is 6.54 Å². The quantitative estimate of drug-likeness (QED) is 0.602. The number of aliphatic imine (C=N–C) groups is 1. The van der Waals surface area contributed by atoms with Crippen LogP contribution in [-0.4, -0.2) is 19.2 Å². The fourth-order valence-corrected chi connectivity index (χ4v) is 3.15. The van der Waals surface area contributed by atoms with Gasteiger partial charge in [0.25, 0.3) is 0 Å². The van der Waals surface area contributed by atoms with Crippen molar-refractivity contribution in [1.29, 1.82) is 0 Å². The summed E-state index contributed by atoms with van der Waals surface area (Å²) >= 11 is 0. The molecule has 0 unspecified atom stereocenters. The monoisotopic (exact) mass is 353 g/mol. The smallest absolute Gasteiger partial charge is 0.193 e. The van der Waals surface area contributed by atoms with Crippen LogP contribution >= 0.6 is 0 Å². The molecule has 3 rings (SSSR count). The van der Waals surface area contributed by atoms with E-state index in [9.17, 15) is 0 Å². The van der Waals surface area contributed by atoms with Crippen molar-refractivity contribution in [2.45, 2.75) is 45.3 Å². The minimum absolute atomic E-state index is 0.261. The van der Waals surface area contributed by atoms with Crippen molar-refractivity contribution in [1.82, 2.24) is 0 Å². The first-order chi connectivity index (χ1) is 12.7. The van der Waals surface area contributed by atoms with Crippen LogP contribution in [0.25, 0.3) is 0 Å². The summed E-state index contributed by atoms with van der Waals surface area (Å²) in [4.78, 5) is 4.47. The van der Waals surface area contributed by atoms with Crippen LogP contribution in [0.3, 0.4) is 0 Å². The highest BCUT2D eigenvalue weighted by Crippen LogP contribution is 2.35. The largest absolute Gasteiger partial charge is 0.493 e. The standard InChI is InChI=1S/C21H27N3O2/c1-15-10-12-17(13-11-15)24-21(22)23-14-16-6-5-9-19(25-2)20(16)26-18-7-3-4-8-18/h5-6,9-13,18H,3-4,7-8,14H2,1-2H3,(H3,22,23,24). The van der Waals surface area contributed by atoms with Crippen LogP contribution in [0.15, 0.2) is 47.5 Å². The van der Waals surface area contributed by atoms with Gasteiger partial charge in [0.2, 0.25) is 0 Å². The number of hydrogen-bond donors (Lipinski definition) is 2. The van der Waals surface area contributed by atoms with Gasteiger partial charge in [-0.2, -0.15) is 0 Å². The molecule has 5 heteroatoms. The zero-order chi connectivity index (χ0) is 18.4. The Bertz CT molecular complexity index is 750. The Kier molecular flexibility index (Phi) is 6.00. The lowest BCUT2D eigenvalue weighted by Gasteiger charge is -2.18. The number of nitrogens with two attached hydrogens (primary N) is 1. The lowest BCUT2D eigenvalue weighted by Crippen LogP contribution is -2.22. The number of benzene rings is 2. The lowest BCUT2D eigenvalue weighted by molar-refractivity contribution is 0.198. The van der Waals surface area contributed by atoms with E-state index in [-0.39, 0.29) is 6.10 Å². The van der Waals surface area contributed by atoms with Crippen LogP contribution < -0.4 is 20.5 Å². The molecule has 1 aliphatic rings. The molecule has 3 N–H and O–H groups in total. The number of anilines is 1. The van der Waals surface area contributed by atoms with E-state index in [1.807, 2.05) is 42.5 Å². The Morgan fingerprint density at radius 1 is 1.15 bits per heavy atom. The van der Waals surface area contributed by atoms with Crippen LogP contribution in [0.4, 0.5) is 5.69 Å². The first-order valence-electron chi connectivity index (χ1n) is 9.12. The summed E-state index contributed by atoms with van der Waals surface area (Å²) in [6.07, 6.45) is 4.90. The van der Waals surface area contributed by atoms with E-state index >= 15 is 0 Å². The molecule has 0 heterocycles. The maximum atomic E-state index is 6.24. The second kappa shape index (κ2) is 8.61. The zero-order valence-electron chi connectivity index (χ0n) is 15.5. The highest BCUT2D eigenvalue weighted by Gasteiger charge is 2.20. The first-order valence-corrected chi connectivity index (χ1v) is 9.12. The maximum Gasteiger partial charge on any atom is 0.193 e. The summed E-state index contributed by atoms with van der Waals surface area (Å²) in [7, 11) is 1.66. The predicted octanol–water partition coefficient (Wildman–Crippen LogP) is 4.25. The molecule has 2 aromatic carbocycles. The third kappa shape index (κ3) is 4.69. The molecule has 0 aliphatic heterocycles. The molecular formula is C21H27N3O2. The normalized spacial score (nSPS) is 15.1. The van der Waals surface area contributed by atoms with Gasteiger partial charge in [-0.25, -0.2) is 4.99 Å². The van der Waals surface area contributed by atoms with Crippen molar-refractivity contribution in [3.05, 3.63) is 53.6 Å². The lowest BCUT2D eigenvalue weighted by atomic mass is 10.1. The van der Waals surface area contributed by atoms with Gasteiger partial charge < -0.3 is 20.5 Å². The summed E-state index contributed by atoms with van der Waals surface area (Å²) in [6.45, 7) is 2.49. The minimum atomic E-state index is 0.261. The number of methoxy groups -OCH3 is 1. The number of nitrogens with zero attached hydrogens (tertiary/aromatic N) is 1. The Labute approximate surface area is 155 Å². The maximum absolute atomic E-state index is 6.24. The van der Waals surface area contributed by atoms with Crippen molar-refractivity contribution in [2.75, 3.05) is 12.4 Å². The van der Waals surface area contributed by atoms with E-state index in [0.717, 1.165) is 35.6 Å². The molecular weight excluding hydrogens is 326 g/mol. The Morgan fingerprint density at radius 3 is 2.58 bits per heavy atom. The fourth-order valence-electron chi connectivity index (χ4n) is 3.15. The molecule has 0 radical (unpaired) electrons. The van der Waals surface area contributed by atoms with Gasteiger partial charge >= 0.3 is 0 Å². The zero-order valence-corrected chi connectivity index (χ0v) is 15.5. The van der Waals surface area contributed by atoms with Crippen molar-refractivity contribution in [3.8, 4) is 11.5 Å². The number of guanidine groups is 1. The summed E-state index contributed by atoms with van der Waals surface area (Å²) in [5, 5.41) is 3.12. The summed E-state index contributed by atoms with van der Waals surface area (Å²) in [5.74, 6) is 1.91. The molecule has 5 nitrogen and oxygen atoms in total. The van der Waals surface area contributed by atoms with Crippen LogP contribution in [0.2, 0.25) is 0 Å². The molecule has 0 bridgehead atoms. The Hall–Kier alpha value is -2.69. The van der Waals surface area contributed by atoms with Gasteiger partial charge in [-0.1, -0.05) is 29.8 Å². The SMILES string of the molecule is COc1cccc(CN=C(N)Nc2ccc(C)cc2)c1OC1CCCC1. The van der Waals surface area contributed by atoms with E-state index < -0.39 is 0 Å². The summed E-state index contributed by atoms with van der Waals surface area (Å²) in [6, 6.07) is 13.9. The van der Waals surface area contributed by atoms with Crippen molar-refractivity contribution in [3.63, 3.8) is 0 Å². The second-order valence-corrected chi connectivity index (χ2v) is 6.67. The number of rotatable bonds is 6. The molecule has 1 saturated carbocycles. The molecule has 1 aliphatic carbocycles. The third-order valence-corrected chi connectivity index (χ3v) is 4.61. The van der Waals surface area contributed by atoms with Crippen LogP contribution in [0, 0.1) is 6.92 Å². The van der Waals surface area contributed by atoms with Gasteiger partial charge in [0.05, 0.1) is 19.8 Å². The minimum Gasteiger partial charge on any atom is -0.493 e. The molecule has 0 spiro atoms. The number of nitrogens with one attached hydrogen (secondary N) is 1. The number of hydrogen-bond acceptors (Lipinski definition) is 3. The topological polar surface area (TPSA) is 68.9 Å². The Balaban J connectivity index is 1.72. The second-order valence-electron chi connectivity index (χ2n) is 6.67. The molecule has 0 amide bonds. The van der Waals surface area contributed by atoms with Gasteiger partial charge in [0.15, 0.2) is 17.5 Å². The molecule has 138 valence electrons. The molecule has 2 aromatic rings. The fraction of sp³-hybridized carbons (Fsp3) is 0.381. The van der Waals surface area contributed by atoms with Crippen LogP contribution in [0.1, 0.15) is 36.8 Å². The van der Waals surface area contributed by atoms with E-state index in [1.165, 1.54) is 18.4 Å². The van der Waals surface area contributed by atoms with Crippen LogP contribution in [0.5, 0.6) is 11.5 Å². The van der Waals surface area contributed by atoms with Gasteiger partial charge in [0, 0.05) is 11.3 Å². The van der Waals surface area contributed by atoms with E-state index in [2.05, 4.69) is 17.2 Å². The average molecular weight is 353 g/mol. The Morgan fingerprint density at radius 2 is 1.88 bits per heavy atom. The molecule has 1 fully saturated rings. The first kappa shape index (κ1) is 18.1. The molecule has 26 heavy (non-hydrogen) atoms. The highest BCUT2D eigenvalue weighted by molar-refractivity contribution is 5.92. The number of ether oxygens (including phenoxy) is 2. The van der Waals surface area contributed by atoms with Gasteiger partial charge in [-0.15, -0.1) is 0 Å². The van der Waals surface area contributed by atoms with E-state index in [0.29, 0.717) is 12.5 Å². The predicted molar refractivity (Wildman–Crippen MR) is 106 cm³/mol. The van der Waals surface area contributed by atoms with E-state index in [1.54, 1.807) is 7.11 Å². The highest BCUT2D eigenvalue weighted by atomic mass is 16.5. The van der Waals surface area contributed by atoms with Gasteiger partial charge in [-0.3, -0.25) is 0 Å². The molecule has 0 atom stereocenters. The molecule has 0 saturated heterocycles. The van der Waals surface area contributed by atoms with Crippen molar-refractivity contribution in [2.24, 2.45) is 10.7 Å². The van der Waals surface area contributed by atoms with E-state index in [4.69, 9.17) is 15.2 Å². The molecule has 0 aromatic heterocycles. The van der Waals surface area contributed by atoms with Gasteiger partial charge in [-0.05, 0) is 50.8 Å². The van der Waals surface area contributed by atoms with Gasteiger partial charge in [0.1, 0.15) is 0 Å². The average Bonchev–Trinajstić information content (AvgIpc) is 3.16. The van der Waals surface area contributed by atoms with Crippen molar-refractivity contribution < 1.29 is 9.47 Å². The summed E-state index contributed by atoms with van der Waals surface area (Å²) < 4.78 is 11.7. The third-order valence-electron chi connectivity index (χ3n) is 4.61. The number of aryl methyl sites for hydroxylation is 1. The number of para-hydroxylation sites is 1. The summed E-state index contributed by atoms with van der Waals surface area (Å²) in [5.41, 5.74) is 9.15.